The Bertz CT molecular complexity index is 369. The summed E-state index contributed by atoms with van der Waals surface area (Å²) in [5.41, 5.74) is 17.0. The molecule has 0 bridgehead atoms. The molecule has 0 atom stereocenters. The lowest BCUT2D eigenvalue weighted by atomic mass is 10.1. The number of anilines is 1. The molecule has 4 nitrogen and oxygen atoms in total. The van der Waals surface area contributed by atoms with Crippen LogP contribution in [0.4, 0.5) is 11.4 Å². The molecule has 0 radical (unpaired) electrons. The Morgan fingerprint density at radius 2 is 2.31 bits per heavy atom. The highest BCUT2D eigenvalue weighted by Crippen LogP contribution is 2.26. The predicted molar refractivity (Wildman–Crippen MR) is 57.1 cm³/mol. The molecular weight excluding hydrogens is 184 g/mol. The van der Waals surface area contributed by atoms with E-state index in [2.05, 4.69) is 22.7 Å². The van der Waals surface area contributed by atoms with Gasteiger partial charge in [-0.3, -0.25) is 0 Å². The van der Waals surface area contributed by atoms with Crippen LogP contribution >= 0.6 is 12.6 Å². The second-order valence-corrected chi connectivity index (χ2v) is 2.99. The smallest absolute Gasteiger partial charge is 0.0428 e. The summed E-state index contributed by atoms with van der Waals surface area (Å²) in [5, 5.41) is 3.54. The van der Waals surface area contributed by atoms with Crippen molar-refractivity contribution in [3.8, 4) is 0 Å². The van der Waals surface area contributed by atoms with Gasteiger partial charge < -0.3 is 5.73 Å². The van der Waals surface area contributed by atoms with Crippen LogP contribution < -0.4 is 5.73 Å². The first-order valence-corrected chi connectivity index (χ1v) is 4.37. The van der Waals surface area contributed by atoms with Crippen molar-refractivity contribution in [3.05, 3.63) is 33.7 Å². The topological polar surface area (TPSA) is 74.8 Å². The lowest BCUT2D eigenvalue weighted by molar-refractivity contribution is 1.32. The lowest BCUT2D eigenvalue weighted by Crippen LogP contribution is -1.91. The van der Waals surface area contributed by atoms with Crippen molar-refractivity contribution in [1.82, 2.24) is 0 Å². The fraction of sp³-hybridized carbons (Fsp3) is 0.250. The Hall–Kier alpha value is -1.32. The van der Waals surface area contributed by atoms with E-state index in [-0.39, 0.29) is 0 Å². The third-order valence-electron chi connectivity index (χ3n) is 1.82. The quantitative estimate of drug-likeness (QED) is 0.245. The molecule has 0 saturated carbocycles. The van der Waals surface area contributed by atoms with Crippen LogP contribution in [-0.2, 0) is 5.75 Å². The maximum Gasteiger partial charge on any atom is 0.0428 e. The summed E-state index contributed by atoms with van der Waals surface area (Å²) in [7, 11) is 0. The number of hydrogen-bond donors (Lipinski definition) is 2. The fourth-order valence-electron chi connectivity index (χ4n) is 1.02. The molecule has 0 heterocycles. The van der Waals surface area contributed by atoms with Crippen LogP contribution in [0.15, 0.2) is 17.2 Å². The minimum atomic E-state index is 0.576. The van der Waals surface area contributed by atoms with E-state index >= 15 is 0 Å². The average molecular weight is 194 g/mol. The second-order valence-electron chi connectivity index (χ2n) is 2.68. The summed E-state index contributed by atoms with van der Waals surface area (Å²) in [6.07, 6.45) is 0. The van der Waals surface area contributed by atoms with Gasteiger partial charge in [0, 0.05) is 22.0 Å². The molecule has 0 aliphatic rings. The molecule has 0 amide bonds. The zero-order valence-corrected chi connectivity index (χ0v) is 8.12. The van der Waals surface area contributed by atoms with Crippen molar-refractivity contribution in [1.29, 1.82) is 0 Å². The number of thiol groups is 1. The third-order valence-corrected chi connectivity index (χ3v) is 2.18. The molecule has 13 heavy (non-hydrogen) atoms. The van der Waals surface area contributed by atoms with Crippen molar-refractivity contribution < 1.29 is 0 Å². The third kappa shape index (κ3) is 2.08. The molecule has 0 fully saturated rings. The number of nitrogens with zero attached hydrogens (tertiary/aromatic N) is 3. The average Bonchev–Trinajstić information content (AvgIpc) is 2.13. The summed E-state index contributed by atoms with van der Waals surface area (Å²) in [4.78, 5) is 2.73. The van der Waals surface area contributed by atoms with Crippen LogP contribution in [0.5, 0.6) is 0 Å². The molecule has 68 valence electrons. The monoisotopic (exact) mass is 194 g/mol. The van der Waals surface area contributed by atoms with Crippen molar-refractivity contribution >= 4 is 24.0 Å². The normalized spacial score (nSPS) is 9.38. The highest BCUT2D eigenvalue weighted by Gasteiger charge is 2.02. The standard InChI is InChI=1S/C8H10N4S/c1-5-7(9)2-6(4-13)3-8(5)11-12-10/h2-3,13H,4,9H2,1H3. The maximum absolute atomic E-state index is 8.30. The van der Waals surface area contributed by atoms with Gasteiger partial charge in [0.05, 0.1) is 0 Å². The van der Waals surface area contributed by atoms with Gasteiger partial charge in [0.2, 0.25) is 0 Å². The van der Waals surface area contributed by atoms with Crippen LogP contribution in [-0.4, -0.2) is 0 Å². The Labute approximate surface area is 81.8 Å². The van der Waals surface area contributed by atoms with Gasteiger partial charge >= 0.3 is 0 Å². The van der Waals surface area contributed by atoms with Crippen LogP contribution in [0, 0.1) is 6.92 Å². The first kappa shape index (κ1) is 9.77. The molecule has 1 aromatic carbocycles. The van der Waals surface area contributed by atoms with Crippen LogP contribution in [0.25, 0.3) is 10.4 Å². The van der Waals surface area contributed by atoms with E-state index in [1.807, 2.05) is 13.0 Å². The van der Waals surface area contributed by atoms with Crippen molar-refractivity contribution in [3.63, 3.8) is 0 Å². The summed E-state index contributed by atoms with van der Waals surface area (Å²) < 4.78 is 0. The lowest BCUT2D eigenvalue weighted by Gasteiger charge is -2.06. The molecule has 2 N–H and O–H groups in total. The SMILES string of the molecule is Cc1c(N)cc(CS)cc1N=[N+]=[N-]. The molecule has 0 unspecified atom stereocenters. The first-order valence-electron chi connectivity index (χ1n) is 3.74. The summed E-state index contributed by atoms with van der Waals surface area (Å²) in [6, 6.07) is 3.62. The highest BCUT2D eigenvalue weighted by molar-refractivity contribution is 7.79. The maximum atomic E-state index is 8.30. The molecule has 0 saturated heterocycles. The first-order chi connectivity index (χ1) is 6.19. The van der Waals surface area contributed by atoms with Gasteiger partial charge in [-0.15, -0.1) is 0 Å². The number of hydrogen-bond acceptors (Lipinski definition) is 3. The van der Waals surface area contributed by atoms with Crippen LogP contribution in [0.1, 0.15) is 11.1 Å². The van der Waals surface area contributed by atoms with E-state index in [1.165, 1.54) is 0 Å². The Balaban J connectivity index is 3.32. The Kier molecular flexibility index (Phi) is 3.06. The van der Waals surface area contributed by atoms with Crippen LogP contribution in [0.3, 0.4) is 0 Å². The van der Waals surface area contributed by atoms with Gasteiger partial charge in [-0.25, -0.2) is 0 Å². The van der Waals surface area contributed by atoms with E-state index in [4.69, 9.17) is 11.3 Å². The number of benzene rings is 1. The minimum absolute atomic E-state index is 0.576. The van der Waals surface area contributed by atoms with Crippen molar-refractivity contribution in [2.24, 2.45) is 5.11 Å². The fourth-order valence-corrected chi connectivity index (χ4v) is 1.21. The van der Waals surface area contributed by atoms with Gasteiger partial charge in [-0.1, -0.05) is 5.11 Å². The summed E-state index contributed by atoms with van der Waals surface area (Å²) >= 11 is 4.12. The summed E-state index contributed by atoms with van der Waals surface area (Å²) in [5.74, 6) is 0.582. The highest BCUT2D eigenvalue weighted by atomic mass is 32.1. The Morgan fingerprint density at radius 3 is 2.85 bits per heavy atom. The largest absolute Gasteiger partial charge is 0.398 e. The number of rotatable bonds is 2. The number of nitrogens with two attached hydrogens (primary N) is 1. The molecule has 0 aliphatic heterocycles. The van der Waals surface area contributed by atoms with Gasteiger partial charge in [0.25, 0.3) is 0 Å². The van der Waals surface area contributed by atoms with E-state index in [0.717, 1.165) is 11.1 Å². The zero-order chi connectivity index (χ0) is 9.84. The number of nitrogen functional groups attached to an aromatic ring is 1. The van der Waals surface area contributed by atoms with Crippen molar-refractivity contribution in [2.45, 2.75) is 12.7 Å². The molecule has 0 aliphatic carbocycles. The van der Waals surface area contributed by atoms with Gasteiger partial charge in [-0.2, -0.15) is 12.6 Å². The van der Waals surface area contributed by atoms with Crippen LogP contribution in [0.2, 0.25) is 0 Å². The number of azide groups is 1. The van der Waals surface area contributed by atoms with Crippen molar-refractivity contribution in [2.75, 3.05) is 5.73 Å². The van der Waals surface area contributed by atoms with E-state index in [0.29, 0.717) is 17.1 Å². The predicted octanol–water partition coefficient (Wildman–Crippen LogP) is 2.95. The molecule has 1 aromatic rings. The molecule has 5 heteroatoms. The minimum Gasteiger partial charge on any atom is -0.398 e. The van der Waals surface area contributed by atoms with E-state index in [1.54, 1.807) is 6.07 Å². The van der Waals surface area contributed by atoms with Gasteiger partial charge in [0.15, 0.2) is 0 Å². The van der Waals surface area contributed by atoms with Gasteiger partial charge in [-0.05, 0) is 35.7 Å². The Morgan fingerprint density at radius 1 is 1.62 bits per heavy atom. The zero-order valence-electron chi connectivity index (χ0n) is 7.23. The van der Waals surface area contributed by atoms with Gasteiger partial charge in [0.1, 0.15) is 0 Å². The second kappa shape index (κ2) is 4.07. The van der Waals surface area contributed by atoms with E-state index in [9.17, 15) is 0 Å². The molecule has 0 aromatic heterocycles. The molecular formula is C8H10N4S. The van der Waals surface area contributed by atoms with E-state index < -0.39 is 0 Å². The molecule has 1 rings (SSSR count). The summed E-state index contributed by atoms with van der Waals surface area (Å²) in [6.45, 7) is 1.82. The molecule has 0 spiro atoms.